The summed E-state index contributed by atoms with van der Waals surface area (Å²) in [6.07, 6.45) is 1.51. The molecule has 2 aromatic rings. The lowest BCUT2D eigenvalue weighted by atomic mass is 10.1. The molecule has 0 heterocycles. The van der Waals surface area contributed by atoms with Gasteiger partial charge in [-0.2, -0.15) is 5.26 Å². The third kappa shape index (κ3) is 5.10. The van der Waals surface area contributed by atoms with Crippen molar-refractivity contribution in [3.05, 3.63) is 61.0 Å². The molecule has 0 aliphatic rings. The smallest absolute Gasteiger partial charge is 0.266 e. The van der Waals surface area contributed by atoms with Crippen LogP contribution in [0.2, 0.25) is 5.02 Å². The number of anilines is 1. The van der Waals surface area contributed by atoms with Crippen LogP contribution in [0.25, 0.3) is 6.08 Å². The van der Waals surface area contributed by atoms with E-state index in [0.717, 1.165) is 14.5 Å². The van der Waals surface area contributed by atoms with Gasteiger partial charge in [0, 0.05) is 10.7 Å². The minimum Gasteiger partial charge on any atom is -0.492 e. The van der Waals surface area contributed by atoms with Gasteiger partial charge >= 0.3 is 0 Å². The van der Waals surface area contributed by atoms with Gasteiger partial charge < -0.3 is 10.1 Å². The Balaban J connectivity index is 2.28. The summed E-state index contributed by atoms with van der Waals surface area (Å²) in [4.78, 5) is 12.4. The molecule has 0 saturated carbocycles. The molecule has 2 rings (SSSR count). The maximum atomic E-state index is 12.4. The molecule has 0 atom stereocenters. The molecule has 2 aromatic carbocycles. The molecule has 0 radical (unpaired) electrons. The number of nitrogens with one attached hydrogen (secondary N) is 1. The van der Waals surface area contributed by atoms with E-state index >= 15 is 0 Å². The monoisotopic (exact) mass is 496 g/mol. The number of nitriles is 1. The van der Waals surface area contributed by atoms with Crippen molar-refractivity contribution >= 4 is 61.1 Å². The number of rotatable bonds is 5. The first-order valence-corrected chi connectivity index (χ1v) is 9.63. The number of nitrogens with zero attached hydrogens (tertiary/aromatic N) is 1. The third-order valence-electron chi connectivity index (χ3n) is 3.42. The second-order valence-electron chi connectivity index (χ2n) is 5.33. The largest absolute Gasteiger partial charge is 0.492 e. The molecule has 0 aliphatic heterocycles. The van der Waals surface area contributed by atoms with Crippen molar-refractivity contribution < 1.29 is 9.53 Å². The molecule has 26 heavy (non-hydrogen) atoms. The fourth-order valence-corrected chi connectivity index (χ4v) is 3.76. The summed E-state index contributed by atoms with van der Waals surface area (Å²) in [6, 6.07) is 10.7. The molecule has 0 aromatic heterocycles. The number of benzene rings is 2. The lowest BCUT2D eigenvalue weighted by molar-refractivity contribution is -0.112. The predicted octanol–water partition coefficient (Wildman–Crippen LogP) is 6.12. The van der Waals surface area contributed by atoms with Crippen LogP contribution in [0.4, 0.5) is 5.69 Å². The summed E-state index contributed by atoms with van der Waals surface area (Å²) in [5.41, 5.74) is 2.09. The van der Waals surface area contributed by atoms with Crippen LogP contribution < -0.4 is 10.1 Å². The molecule has 0 bridgehead atoms. The van der Waals surface area contributed by atoms with Crippen molar-refractivity contribution in [2.75, 3.05) is 11.9 Å². The molecular formula is C19H15Br2ClN2O2. The maximum Gasteiger partial charge on any atom is 0.266 e. The normalized spacial score (nSPS) is 11.0. The van der Waals surface area contributed by atoms with Gasteiger partial charge in [0.2, 0.25) is 0 Å². The molecule has 134 valence electrons. The van der Waals surface area contributed by atoms with Crippen LogP contribution in [0.15, 0.2) is 44.9 Å². The van der Waals surface area contributed by atoms with Gasteiger partial charge in [-0.15, -0.1) is 0 Å². The summed E-state index contributed by atoms with van der Waals surface area (Å²) in [6.45, 7) is 4.29. The Bertz CT molecular complexity index is 897. The van der Waals surface area contributed by atoms with Crippen molar-refractivity contribution in [3.63, 3.8) is 0 Å². The lowest BCUT2D eigenvalue weighted by Gasteiger charge is -2.10. The number of carbonyl (C=O) groups excluding carboxylic acids is 1. The fourth-order valence-electron chi connectivity index (χ4n) is 2.13. The minimum atomic E-state index is -0.506. The van der Waals surface area contributed by atoms with E-state index in [-0.39, 0.29) is 5.57 Å². The Morgan fingerprint density at radius 1 is 1.31 bits per heavy atom. The highest BCUT2D eigenvalue weighted by molar-refractivity contribution is 9.11. The number of hydrogen-bond acceptors (Lipinski definition) is 3. The van der Waals surface area contributed by atoms with E-state index in [1.165, 1.54) is 6.08 Å². The third-order valence-corrected chi connectivity index (χ3v) is 5.00. The van der Waals surface area contributed by atoms with Gasteiger partial charge in [-0.25, -0.2) is 0 Å². The molecule has 4 nitrogen and oxygen atoms in total. The Morgan fingerprint density at radius 3 is 2.50 bits per heavy atom. The van der Waals surface area contributed by atoms with Gasteiger partial charge in [0.1, 0.15) is 17.4 Å². The van der Waals surface area contributed by atoms with Gasteiger partial charge in [0.25, 0.3) is 5.91 Å². The topological polar surface area (TPSA) is 62.1 Å². The highest BCUT2D eigenvalue weighted by Crippen LogP contribution is 2.35. The zero-order chi connectivity index (χ0) is 19.3. The summed E-state index contributed by atoms with van der Waals surface area (Å²) >= 11 is 12.9. The molecule has 0 fully saturated rings. The van der Waals surface area contributed by atoms with Crippen molar-refractivity contribution in [1.29, 1.82) is 5.26 Å². The fraction of sp³-hybridized carbons (Fsp3) is 0.158. The number of ether oxygens (including phenoxy) is 1. The molecule has 0 spiro atoms. The van der Waals surface area contributed by atoms with Gasteiger partial charge in [-0.05, 0) is 87.2 Å². The first-order valence-electron chi connectivity index (χ1n) is 7.66. The summed E-state index contributed by atoms with van der Waals surface area (Å²) in [7, 11) is 0. The second-order valence-corrected chi connectivity index (χ2v) is 7.45. The summed E-state index contributed by atoms with van der Waals surface area (Å²) in [5, 5.41) is 12.6. The molecule has 0 aliphatic carbocycles. The van der Waals surface area contributed by atoms with Crippen LogP contribution in [-0.4, -0.2) is 12.5 Å². The van der Waals surface area contributed by atoms with Gasteiger partial charge in [-0.3, -0.25) is 4.79 Å². The van der Waals surface area contributed by atoms with E-state index in [4.69, 9.17) is 16.3 Å². The van der Waals surface area contributed by atoms with Crippen LogP contribution in [-0.2, 0) is 4.79 Å². The van der Waals surface area contributed by atoms with Crippen molar-refractivity contribution in [2.45, 2.75) is 13.8 Å². The van der Waals surface area contributed by atoms with Crippen molar-refractivity contribution in [2.24, 2.45) is 0 Å². The first-order chi connectivity index (χ1) is 12.3. The van der Waals surface area contributed by atoms with E-state index in [1.807, 2.05) is 19.9 Å². The molecule has 0 saturated heterocycles. The second kappa shape index (κ2) is 9.22. The Labute approximate surface area is 174 Å². The van der Waals surface area contributed by atoms with Gasteiger partial charge in [-0.1, -0.05) is 17.7 Å². The van der Waals surface area contributed by atoms with E-state index in [1.54, 1.807) is 30.3 Å². The first kappa shape index (κ1) is 20.5. The molecule has 1 N–H and O–H groups in total. The van der Waals surface area contributed by atoms with Gasteiger partial charge in [0.05, 0.1) is 15.6 Å². The average Bonchev–Trinajstić information content (AvgIpc) is 2.59. The van der Waals surface area contributed by atoms with Crippen LogP contribution in [0, 0.1) is 18.3 Å². The van der Waals surface area contributed by atoms with E-state index in [0.29, 0.717) is 28.6 Å². The predicted molar refractivity (Wildman–Crippen MR) is 111 cm³/mol. The molecule has 7 heteroatoms. The van der Waals surface area contributed by atoms with E-state index in [9.17, 15) is 10.1 Å². The van der Waals surface area contributed by atoms with Crippen LogP contribution in [0.5, 0.6) is 5.75 Å². The van der Waals surface area contributed by atoms with Crippen LogP contribution >= 0.6 is 43.5 Å². The Kier molecular flexibility index (Phi) is 7.27. The number of aryl methyl sites for hydroxylation is 1. The Hall–Kier alpha value is -1.81. The number of halogens is 3. The van der Waals surface area contributed by atoms with E-state index in [2.05, 4.69) is 37.2 Å². The highest BCUT2D eigenvalue weighted by Gasteiger charge is 2.13. The highest BCUT2D eigenvalue weighted by atomic mass is 79.9. The number of hydrogen-bond donors (Lipinski definition) is 1. The zero-order valence-electron chi connectivity index (χ0n) is 14.1. The van der Waals surface area contributed by atoms with Crippen molar-refractivity contribution in [1.82, 2.24) is 0 Å². The quantitative estimate of drug-likeness (QED) is 0.399. The molecule has 0 unspecified atom stereocenters. The standard InChI is InChI=1S/C19H15Br2ClN2O2/c1-3-26-18-15(20)7-12(8-16(18)21)6-13(10-23)19(25)24-14-5-4-11(2)17(22)9-14/h4-9H,3H2,1-2H3,(H,24,25)/b13-6-. The lowest BCUT2D eigenvalue weighted by Crippen LogP contribution is -2.13. The molecular weight excluding hydrogens is 483 g/mol. The van der Waals surface area contributed by atoms with E-state index < -0.39 is 5.91 Å². The maximum absolute atomic E-state index is 12.4. The van der Waals surface area contributed by atoms with Gasteiger partial charge in [0.15, 0.2) is 0 Å². The summed E-state index contributed by atoms with van der Waals surface area (Å²) in [5.74, 6) is 0.162. The summed E-state index contributed by atoms with van der Waals surface area (Å²) < 4.78 is 6.98. The SMILES string of the molecule is CCOc1c(Br)cc(/C=C(/C#N)C(=O)Nc2ccc(C)c(Cl)c2)cc1Br. The molecule has 1 amide bonds. The number of carbonyl (C=O) groups is 1. The zero-order valence-corrected chi connectivity index (χ0v) is 18.0. The minimum absolute atomic E-state index is 0.0235. The van der Waals surface area contributed by atoms with Crippen LogP contribution in [0.1, 0.15) is 18.1 Å². The van der Waals surface area contributed by atoms with Crippen LogP contribution in [0.3, 0.4) is 0 Å². The Morgan fingerprint density at radius 2 is 1.96 bits per heavy atom. The van der Waals surface area contributed by atoms with Crippen molar-refractivity contribution in [3.8, 4) is 11.8 Å². The number of amides is 1. The average molecular weight is 499 g/mol.